The molecule has 2 aromatic heterocycles. The number of imidazole rings is 1. The van der Waals surface area contributed by atoms with Crippen molar-refractivity contribution in [1.29, 1.82) is 0 Å². The number of hydrogen-bond donors (Lipinski definition) is 1. The molecule has 176 valence electrons. The van der Waals surface area contributed by atoms with E-state index in [0.717, 1.165) is 32.2 Å². The lowest BCUT2D eigenvalue weighted by Gasteiger charge is -2.12. The molecule has 0 atom stereocenters. The standard InChI is InChI=1S/C26H21BrN4O3S/c1-16-14-22(26(32)30-35(33,34)20-9-4-3-5-10-20)29-25-24(16)28-17(2)31(25)15-19-13-12-18-8-6-7-11-21(18)23(19)27/h3-14H,15H2,1-2H3,(H,30,32). The molecule has 0 saturated carbocycles. The van der Waals surface area contributed by atoms with Gasteiger partial charge in [-0.15, -0.1) is 0 Å². The van der Waals surface area contributed by atoms with Gasteiger partial charge in [0, 0.05) is 4.47 Å². The molecule has 5 aromatic rings. The fourth-order valence-corrected chi connectivity index (χ4v) is 5.66. The van der Waals surface area contributed by atoms with Gasteiger partial charge in [0.2, 0.25) is 0 Å². The molecule has 0 spiro atoms. The van der Waals surface area contributed by atoms with Crippen molar-refractivity contribution >= 4 is 53.8 Å². The van der Waals surface area contributed by atoms with Gasteiger partial charge in [-0.05, 0) is 69.9 Å². The number of aryl methyl sites for hydroxylation is 2. The van der Waals surface area contributed by atoms with E-state index in [1.54, 1.807) is 24.3 Å². The summed E-state index contributed by atoms with van der Waals surface area (Å²) in [6.45, 7) is 4.19. The molecule has 0 aliphatic carbocycles. The van der Waals surface area contributed by atoms with E-state index in [-0.39, 0.29) is 10.6 Å². The summed E-state index contributed by atoms with van der Waals surface area (Å²) in [5, 5.41) is 2.23. The molecular formula is C26H21BrN4O3S. The van der Waals surface area contributed by atoms with Crippen LogP contribution in [-0.2, 0) is 16.6 Å². The first-order valence-corrected chi connectivity index (χ1v) is 13.1. The van der Waals surface area contributed by atoms with Crippen molar-refractivity contribution in [1.82, 2.24) is 19.3 Å². The Kier molecular flexibility index (Phi) is 5.90. The number of rotatable bonds is 5. The minimum absolute atomic E-state index is 0.00758. The zero-order valence-corrected chi connectivity index (χ0v) is 21.4. The minimum atomic E-state index is -4.02. The Morgan fingerprint density at radius 3 is 2.46 bits per heavy atom. The van der Waals surface area contributed by atoms with Gasteiger partial charge in [0.25, 0.3) is 15.9 Å². The first-order valence-electron chi connectivity index (χ1n) is 10.9. The van der Waals surface area contributed by atoms with Crippen molar-refractivity contribution in [2.45, 2.75) is 25.3 Å². The van der Waals surface area contributed by atoms with Crippen LogP contribution in [0.15, 0.2) is 82.2 Å². The SMILES string of the molecule is Cc1cc(C(=O)NS(=O)(=O)c2ccccc2)nc2c1nc(C)n2Cc1ccc2ccccc2c1Br. The van der Waals surface area contributed by atoms with E-state index in [2.05, 4.69) is 48.8 Å². The highest BCUT2D eigenvalue weighted by Gasteiger charge is 2.22. The third kappa shape index (κ3) is 4.33. The van der Waals surface area contributed by atoms with Gasteiger partial charge >= 0.3 is 0 Å². The van der Waals surface area contributed by atoms with Gasteiger partial charge in [-0.25, -0.2) is 23.1 Å². The molecule has 7 nitrogen and oxygen atoms in total. The minimum Gasteiger partial charge on any atom is -0.308 e. The van der Waals surface area contributed by atoms with Crippen LogP contribution in [0.1, 0.15) is 27.4 Å². The topological polar surface area (TPSA) is 93.9 Å². The van der Waals surface area contributed by atoms with Gasteiger partial charge in [0.15, 0.2) is 5.65 Å². The molecule has 5 rings (SSSR count). The van der Waals surface area contributed by atoms with Crippen molar-refractivity contribution in [3.63, 3.8) is 0 Å². The molecule has 0 saturated heterocycles. The Balaban J connectivity index is 1.54. The maximum absolute atomic E-state index is 12.9. The number of hydrogen-bond acceptors (Lipinski definition) is 5. The van der Waals surface area contributed by atoms with Gasteiger partial charge in [-0.1, -0.05) is 54.6 Å². The van der Waals surface area contributed by atoms with E-state index in [9.17, 15) is 13.2 Å². The highest BCUT2D eigenvalue weighted by Crippen LogP contribution is 2.29. The zero-order chi connectivity index (χ0) is 24.7. The monoisotopic (exact) mass is 548 g/mol. The second-order valence-corrected chi connectivity index (χ2v) is 10.7. The number of sulfonamides is 1. The fraction of sp³-hybridized carbons (Fsp3) is 0.115. The van der Waals surface area contributed by atoms with Crippen molar-refractivity contribution in [3.8, 4) is 0 Å². The molecule has 0 aliphatic heterocycles. The zero-order valence-electron chi connectivity index (χ0n) is 19.0. The molecule has 0 radical (unpaired) electrons. The summed E-state index contributed by atoms with van der Waals surface area (Å²) >= 11 is 3.74. The van der Waals surface area contributed by atoms with Crippen LogP contribution in [0.3, 0.4) is 0 Å². The molecule has 1 N–H and O–H groups in total. The summed E-state index contributed by atoms with van der Waals surface area (Å²) in [6.07, 6.45) is 0. The van der Waals surface area contributed by atoms with E-state index in [1.165, 1.54) is 12.1 Å². The first-order chi connectivity index (χ1) is 16.7. The Hall–Kier alpha value is -3.56. The summed E-state index contributed by atoms with van der Waals surface area (Å²) in [4.78, 5) is 22.1. The fourth-order valence-electron chi connectivity index (χ4n) is 4.06. The number of carbonyl (C=O) groups excluding carboxylic acids is 1. The average molecular weight is 549 g/mol. The molecule has 9 heteroatoms. The van der Waals surface area contributed by atoms with Crippen molar-refractivity contribution in [3.05, 3.63) is 99.9 Å². The third-order valence-electron chi connectivity index (χ3n) is 5.87. The van der Waals surface area contributed by atoms with Crippen LogP contribution in [0.25, 0.3) is 21.9 Å². The number of fused-ring (bicyclic) bond motifs is 2. The van der Waals surface area contributed by atoms with Crippen LogP contribution in [0, 0.1) is 13.8 Å². The Labute approximate surface area is 211 Å². The number of amides is 1. The maximum atomic E-state index is 12.9. The highest BCUT2D eigenvalue weighted by atomic mass is 79.9. The summed E-state index contributed by atoms with van der Waals surface area (Å²) in [7, 11) is -4.02. The first kappa shape index (κ1) is 23.2. The number of benzene rings is 3. The largest absolute Gasteiger partial charge is 0.308 e. The normalized spacial score (nSPS) is 11.7. The molecule has 0 aliphatic rings. The summed E-state index contributed by atoms with van der Waals surface area (Å²) in [5.74, 6) is -0.0544. The van der Waals surface area contributed by atoms with Gasteiger partial charge in [0.1, 0.15) is 17.0 Å². The van der Waals surface area contributed by atoms with Crippen LogP contribution in [0.5, 0.6) is 0 Å². The van der Waals surface area contributed by atoms with Crippen LogP contribution in [-0.4, -0.2) is 28.9 Å². The summed E-state index contributed by atoms with van der Waals surface area (Å²) in [6, 6.07) is 21.5. The second kappa shape index (κ2) is 8.90. The predicted octanol–water partition coefficient (Wildman–Crippen LogP) is 5.13. The molecule has 0 fully saturated rings. The molecule has 3 aromatic carbocycles. The van der Waals surface area contributed by atoms with Crippen LogP contribution in [0.2, 0.25) is 0 Å². The van der Waals surface area contributed by atoms with Crippen LogP contribution in [0.4, 0.5) is 0 Å². The number of carbonyl (C=O) groups is 1. The van der Waals surface area contributed by atoms with E-state index >= 15 is 0 Å². The number of aromatic nitrogens is 3. The predicted molar refractivity (Wildman–Crippen MR) is 139 cm³/mol. The summed E-state index contributed by atoms with van der Waals surface area (Å²) in [5.41, 5.74) is 2.96. The summed E-state index contributed by atoms with van der Waals surface area (Å²) < 4.78 is 30.3. The molecule has 1 amide bonds. The Morgan fingerprint density at radius 2 is 1.69 bits per heavy atom. The lowest BCUT2D eigenvalue weighted by Crippen LogP contribution is -2.31. The molecular weight excluding hydrogens is 528 g/mol. The third-order valence-corrected chi connectivity index (χ3v) is 8.15. The van der Waals surface area contributed by atoms with Gasteiger partial charge < -0.3 is 4.57 Å². The van der Waals surface area contributed by atoms with Crippen molar-refractivity contribution < 1.29 is 13.2 Å². The van der Waals surface area contributed by atoms with E-state index < -0.39 is 15.9 Å². The van der Waals surface area contributed by atoms with Gasteiger partial charge in [-0.3, -0.25) is 4.79 Å². The van der Waals surface area contributed by atoms with Gasteiger partial charge in [-0.2, -0.15) is 0 Å². The average Bonchev–Trinajstić information content (AvgIpc) is 3.17. The van der Waals surface area contributed by atoms with E-state index in [1.807, 2.05) is 36.6 Å². The number of nitrogens with zero attached hydrogens (tertiary/aromatic N) is 3. The molecule has 0 bridgehead atoms. The maximum Gasteiger partial charge on any atom is 0.283 e. The number of pyridine rings is 1. The lowest BCUT2D eigenvalue weighted by molar-refractivity contribution is 0.0976. The molecule has 35 heavy (non-hydrogen) atoms. The quantitative estimate of drug-likeness (QED) is 0.328. The second-order valence-electron chi connectivity index (χ2n) is 8.25. The van der Waals surface area contributed by atoms with Crippen molar-refractivity contribution in [2.75, 3.05) is 0 Å². The van der Waals surface area contributed by atoms with Gasteiger partial charge in [0.05, 0.1) is 11.4 Å². The number of halogens is 1. The van der Waals surface area contributed by atoms with Crippen molar-refractivity contribution in [2.24, 2.45) is 0 Å². The number of nitrogens with one attached hydrogen (secondary N) is 1. The molecule has 2 heterocycles. The highest BCUT2D eigenvalue weighted by molar-refractivity contribution is 9.10. The Morgan fingerprint density at radius 1 is 0.971 bits per heavy atom. The lowest BCUT2D eigenvalue weighted by atomic mass is 10.1. The van der Waals surface area contributed by atoms with E-state index in [4.69, 9.17) is 0 Å². The van der Waals surface area contributed by atoms with Crippen LogP contribution < -0.4 is 4.72 Å². The van der Waals surface area contributed by atoms with Crippen LogP contribution >= 0.6 is 15.9 Å². The molecule has 0 unspecified atom stereocenters. The van der Waals surface area contributed by atoms with E-state index in [0.29, 0.717) is 17.7 Å². The smallest absolute Gasteiger partial charge is 0.283 e. The Bertz CT molecular complexity index is 1710.